The van der Waals surface area contributed by atoms with E-state index in [4.69, 9.17) is 19.9 Å². The van der Waals surface area contributed by atoms with E-state index in [1.54, 1.807) is 7.11 Å². The molecule has 6 rings (SSSR count). The van der Waals surface area contributed by atoms with Gasteiger partial charge in [0.15, 0.2) is 24.2 Å². The summed E-state index contributed by atoms with van der Waals surface area (Å²) in [6.45, 7) is 1.20. The zero-order valence-electron chi connectivity index (χ0n) is 14.3. The number of rotatable bonds is 1. The summed E-state index contributed by atoms with van der Waals surface area (Å²) in [5, 5.41) is 5.75. The maximum absolute atomic E-state index is 6.37. The summed E-state index contributed by atoms with van der Waals surface area (Å²) >= 11 is 0. The highest BCUT2D eigenvalue weighted by Crippen LogP contribution is 2.45. The van der Waals surface area contributed by atoms with Crippen LogP contribution in [0.2, 0.25) is 0 Å². The lowest BCUT2D eigenvalue weighted by atomic mass is 9.93. The number of aryl methyl sites for hydroxylation is 2. The summed E-state index contributed by atoms with van der Waals surface area (Å²) < 4.78 is 19.1. The van der Waals surface area contributed by atoms with Crippen molar-refractivity contribution >= 4 is 38.1 Å². The molecule has 26 heavy (non-hydrogen) atoms. The second-order valence-corrected chi connectivity index (χ2v) is 6.87. The molecule has 0 atom stereocenters. The maximum Gasteiger partial charge on any atom is 0.231 e. The average molecular weight is 345 g/mol. The first-order valence-corrected chi connectivity index (χ1v) is 8.73. The van der Waals surface area contributed by atoms with E-state index in [0.29, 0.717) is 18.2 Å². The molecule has 0 saturated carbocycles. The quantitative estimate of drug-likeness (QED) is 0.327. The third-order valence-electron chi connectivity index (χ3n) is 5.64. The first-order chi connectivity index (χ1) is 12.8. The number of nitrogen functional groups attached to an aromatic ring is 1. The van der Waals surface area contributed by atoms with Crippen molar-refractivity contribution in [3.05, 3.63) is 42.1 Å². The summed E-state index contributed by atoms with van der Waals surface area (Å²) in [5.74, 6) is 2.42. The van der Waals surface area contributed by atoms with Crippen molar-refractivity contribution in [2.75, 3.05) is 19.6 Å². The molecule has 128 valence electrons. The molecule has 1 aromatic heterocycles. The van der Waals surface area contributed by atoms with E-state index in [1.165, 1.54) is 21.9 Å². The topological polar surface area (TPSA) is 57.6 Å². The van der Waals surface area contributed by atoms with Crippen molar-refractivity contribution in [2.24, 2.45) is 0 Å². The minimum atomic E-state index is 0.292. The van der Waals surface area contributed by atoms with Crippen molar-refractivity contribution in [3.8, 4) is 17.2 Å². The Kier molecular flexibility index (Phi) is 2.53. The molecule has 0 spiro atoms. The highest BCUT2D eigenvalue weighted by Gasteiger charge is 2.29. The van der Waals surface area contributed by atoms with Gasteiger partial charge in [-0.05, 0) is 35.9 Å². The predicted octanol–water partition coefficient (Wildman–Crippen LogP) is 3.31. The molecule has 2 N–H and O–H groups in total. The first kappa shape index (κ1) is 14.0. The molecule has 0 saturated heterocycles. The summed E-state index contributed by atoms with van der Waals surface area (Å²) in [7, 11) is 1.65. The monoisotopic (exact) mass is 345 g/mol. The molecule has 3 aromatic carbocycles. The van der Waals surface area contributed by atoms with Crippen molar-refractivity contribution in [2.45, 2.75) is 13.0 Å². The Morgan fingerprint density at radius 2 is 1.88 bits per heavy atom. The maximum atomic E-state index is 6.37. The lowest BCUT2D eigenvalue weighted by Crippen LogP contribution is -2.38. The van der Waals surface area contributed by atoms with Gasteiger partial charge in [-0.25, -0.2) is 0 Å². The molecule has 0 aliphatic carbocycles. The molecule has 4 aromatic rings. The Labute approximate surface area is 149 Å². The summed E-state index contributed by atoms with van der Waals surface area (Å²) in [5.41, 5.74) is 9.61. The molecule has 0 radical (unpaired) electrons. The number of nitrogens with zero attached hydrogens (tertiary/aromatic N) is 1. The number of aromatic nitrogens is 1. The first-order valence-electron chi connectivity index (χ1n) is 8.73. The van der Waals surface area contributed by atoms with E-state index in [-0.39, 0.29) is 0 Å². The summed E-state index contributed by atoms with van der Waals surface area (Å²) in [4.78, 5) is 0. The van der Waals surface area contributed by atoms with Gasteiger partial charge in [0.2, 0.25) is 12.3 Å². The van der Waals surface area contributed by atoms with Gasteiger partial charge in [0, 0.05) is 17.2 Å². The van der Waals surface area contributed by atoms with Crippen molar-refractivity contribution in [3.63, 3.8) is 0 Å². The molecule has 5 nitrogen and oxygen atoms in total. The van der Waals surface area contributed by atoms with Gasteiger partial charge in [0.1, 0.15) is 5.75 Å². The Balaban J connectivity index is 1.84. The van der Waals surface area contributed by atoms with Gasteiger partial charge in [-0.15, -0.1) is 0 Å². The minimum absolute atomic E-state index is 0.292. The lowest BCUT2D eigenvalue weighted by Gasteiger charge is -2.17. The van der Waals surface area contributed by atoms with Crippen LogP contribution in [-0.2, 0) is 13.0 Å². The molecular formula is C21H17N2O3+. The number of fused-ring (bicyclic) bond motifs is 4. The van der Waals surface area contributed by atoms with Crippen LogP contribution in [0.25, 0.3) is 32.4 Å². The fourth-order valence-corrected chi connectivity index (χ4v) is 4.46. The van der Waals surface area contributed by atoms with Gasteiger partial charge >= 0.3 is 0 Å². The fraction of sp³-hybridized carbons (Fsp3) is 0.190. The van der Waals surface area contributed by atoms with Crippen LogP contribution in [0.1, 0.15) is 5.56 Å². The van der Waals surface area contributed by atoms with Crippen LogP contribution >= 0.6 is 0 Å². The SMILES string of the molecule is COc1ccc2c(c[n+]3c4c2ccc2c5c(cc(c24)CC3)OCO5)c1N. The fourth-order valence-electron chi connectivity index (χ4n) is 4.46. The van der Waals surface area contributed by atoms with E-state index >= 15 is 0 Å². The zero-order chi connectivity index (χ0) is 17.4. The van der Waals surface area contributed by atoms with Crippen molar-refractivity contribution in [1.29, 1.82) is 0 Å². The van der Waals surface area contributed by atoms with Crippen molar-refractivity contribution < 1.29 is 18.8 Å². The number of methoxy groups -OCH3 is 1. The molecule has 2 aliphatic heterocycles. The van der Waals surface area contributed by atoms with Crippen LogP contribution < -0.4 is 24.5 Å². The Bertz CT molecular complexity index is 1260. The van der Waals surface area contributed by atoms with Gasteiger partial charge in [0.25, 0.3) is 0 Å². The Morgan fingerprint density at radius 3 is 2.77 bits per heavy atom. The van der Waals surface area contributed by atoms with Crippen LogP contribution in [0.15, 0.2) is 36.5 Å². The van der Waals surface area contributed by atoms with Crippen LogP contribution in [0.4, 0.5) is 5.69 Å². The van der Waals surface area contributed by atoms with Gasteiger partial charge in [-0.1, -0.05) is 0 Å². The molecule has 0 amide bonds. The smallest absolute Gasteiger partial charge is 0.231 e. The lowest BCUT2D eigenvalue weighted by molar-refractivity contribution is -0.670. The standard InChI is InChI=1S/C21H16N2O3/c1-24-16-5-4-12-13-2-3-14-18-11(8-17-21(14)26-10-25-17)6-7-23(20(13)18)9-15(12)19(16)22/h2-5,8-9,22H,6-7,10H2,1H3/p+1. The minimum Gasteiger partial charge on any atom is -0.495 e. The van der Waals surface area contributed by atoms with Gasteiger partial charge < -0.3 is 19.9 Å². The van der Waals surface area contributed by atoms with Crippen LogP contribution in [0.5, 0.6) is 17.2 Å². The highest BCUT2D eigenvalue weighted by molar-refractivity contribution is 6.18. The van der Waals surface area contributed by atoms with E-state index in [9.17, 15) is 0 Å². The van der Waals surface area contributed by atoms with Gasteiger partial charge in [0.05, 0.1) is 29.0 Å². The number of anilines is 1. The number of ether oxygens (including phenoxy) is 3. The molecule has 0 bridgehead atoms. The van der Waals surface area contributed by atoms with Crippen LogP contribution in [-0.4, -0.2) is 13.9 Å². The molecular weight excluding hydrogens is 328 g/mol. The molecule has 0 unspecified atom stereocenters. The molecule has 2 aliphatic rings. The average Bonchev–Trinajstić information content (AvgIpc) is 3.14. The predicted molar refractivity (Wildman–Crippen MR) is 99.9 cm³/mol. The number of hydrogen-bond donors (Lipinski definition) is 1. The van der Waals surface area contributed by atoms with Gasteiger partial charge in [-0.2, -0.15) is 4.57 Å². The number of nitrogens with two attached hydrogens (primary N) is 1. The van der Waals surface area contributed by atoms with Crippen LogP contribution in [0, 0.1) is 0 Å². The molecule has 5 heteroatoms. The normalized spacial score (nSPS) is 14.7. The zero-order valence-corrected chi connectivity index (χ0v) is 14.3. The summed E-state index contributed by atoms with van der Waals surface area (Å²) in [6, 6.07) is 10.5. The number of pyridine rings is 1. The summed E-state index contributed by atoms with van der Waals surface area (Å²) in [6.07, 6.45) is 3.11. The van der Waals surface area contributed by atoms with E-state index < -0.39 is 0 Å². The largest absolute Gasteiger partial charge is 0.495 e. The second-order valence-electron chi connectivity index (χ2n) is 6.87. The van der Waals surface area contributed by atoms with Crippen LogP contribution in [0.3, 0.4) is 0 Å². The highest BCUT2D eigenvalue weighted by atomic mass is 16.7. The molecule has 3 heterocycles. The Morgan fingerprint density at radius 1 is 1.04 bits per heavy atom. The third-order valence-corrected chi connectivity index (χ3v) is 5.64. The second kappa shape index (κ2) is 4.69. The molecule has 0 fully saturated rings. The number of hydrogen-bond acceptors (Lipinski definition) is 4. The van der Waals surface area contributed by atoms with E-state index in [0.717, 1.165) is 40.6 Å². The number of benzene rings is 3. The van der Waals surface area contributed by atoms with Crippen molar-refractivity contribution in [1.82, 2.24) is 0 Å². The van der Waals surface area contributed by atoms with E-state index in [2.05, 4.69) is 35.0 Å². The van der Waals surface area contributed by atoms with E-state index in [1.807, 2.05) is 6.07 Å². The van der Waals surface area contributed by atoms with Gasteiger partial charge in [-0.3, -0.25) is 0 Å². The third kappa shape index (κ3) is 1.58. The Hall–Kier alpha value is -3.21.